The monoisotopic (exact) mass is 625 g/mol. The molecule has 2 aliphatic heterocycles. The summed E-state index contributed by atoms with van der Waals surface area (Å²) < 4.78 is 104. The molecular weight excluding hydrogens is 587 g/mol. The number of amides is 1. The fraction of sp³-hybridized carbons (Fsp3) is 0.750. The summed E-state index contributed by atoms with van der Waals surface area (Å²) in [4.78, 5) is 26.0. The number of imidazole rings is 1. The Morgan fingerprint density at radius 1 is 0.977 bits per heavy atom. The van der Waals surface area contributed by atoms with E-state index in [2.05, 4.69) is 20.3 Å². The zero-order chi connectivity index (χ0) is 30.8. The van der Waals surface area contributed by atoms with Gasteiger partial charge in [0.15, 0.2) is 11.3 Å². The van der Waals surface area contributed by atoms with Crippen LogP contribution in [0.15, 0.2) is 12.1 Å². The first-order chi connectivity index (χ1) is 20.1. The highest BCUT2D eigenvalue weighted by Crippen LogP contribution is 2.45. The number of alkyl halides is 7. The van der Waals surface area contributed by atoms with Gasteiger partial charge < -0.3 is 20.1 Å². The molecule has 2 saturated heterocycles. The number of aromatic amines is 1. The number of carbonyl (C=O) groups is 1. The molecule has 15 heteroatoms. The number of halogens is 7. The standard InChI is InChI=1S/C28H34F7N5O3.2H2/c29-25(9-10-25)24(42)38-20(15-3-6-26(30,31)7-4-15)22-37-17-2-1-16(36-21(17)39-22)18-13-27(32,33)11-12-40(18)23(41)19-5-8-28(34,35)14-43-19;;/h1-2,15,18-20,23,41H,3-14H2,(H,38,42)(H,36,37,39);2*1H/t18-,19+,20-,23?;;/m0../s1. The van der Waals surface area contributed by atoms with Crippen LogP contribution < -0.4 is 5.32 Å². The summed E-state index contributed by atoms with van der Waals surface area (Å²) in [5.41, 5.74) is -1.36. The van der Waals surface area contributed by atoms with Crippen LogP contribution in [0, 0.1) is 5.92 Å². The highest BCUT2D eigenvalue weighted by molar-refractivity contribution is 5.88. The normalized spacial score (nSPS) is 30.0. The van der Waals surface area contributed by atoms with Gasteiger partial charge in [0.25, 0.3) is 17.8 Å². The Morgan fingerprint density at radius 2 is 1.67 bits per heavy atom. The molecule has 3 N–H and O–H groups in total. The van der Waals surface area contributed by atoms with E-state index >= 15 is 0 Å². The van der Waals surface area contributed by atoms with Gasteiger partial charge in [-0.3, -0.25) is 9.69 Å². The Morgan fingerprint density at radius 3 is 2.33 bits per heavy atom. The number of aromatic nitrogens is 3. The van der Waals surface area contributed by atoms with Crippen LogP contribution >= 0.6 is 0 Å². The third kappa shape index (κ3) is 6.48. The van der Waals surface area contributed by atoms with Gasteiger partial charge in [0.2, 0.25) is 5.92 Å². The number of carbonyl (C=O) groups excluding carboxylic acids is 1. The van der Waals surface area contributed by atoms with Gasteiger partial charge in [-0.15, -0.1) is 0 Å². The van der Waals surface area contributed by atoms with E-state index in [-0.39, 0.29) is 71.5 Å². The Hall–Kier alpha value is -2.52. The van der Waals surface area contributed by atoms with Gasteiger partial charge in [-0.25, -0.2) is 40.7 Å². The Kier molecular flexibility index (Phi) is 7.68. The van der Waals surface area contributed by atoms with Gasteiger partial charge in [-0.1, -0.05) is 0 Å². The van der Waals surface area contributed by atoms with Gasteiger partial charge in [-0.05, 0) is 50.2 Å². The lowest BCUT2D eigenvalue weighted by Crippen LogP contribution is -2.54. The summed E-state index contributed by atoms with van der Waals surface area (Å²) in [5, 5.41) is 13.7. The Bertz CT molecular complexity index is 1350. The van der Waals surface area contributed by atoms with Crippen LogP contribution in [0.3, 0.4) is 0 Å². The molecule has 242 valence electrons. The maximum atomic E-state index is 14.6. The number of H-pyrrole nitrogens is 1. The number of aliphatic hydroxyl groups is 1. The molecule has 6 rings (SSSR count). The van der Waals surface area contributed by atoms with Gasteiger partial charge >= 0.3 is 0 Å². The summed E-state index contributed by atoms with van der Waals surface area (Å²) in [7, 11) is 0. The molecule has 4 atom stereocenters. The molecule has 4 aliphatic rings. The van der Waals surface area contributed by atoms with Crippen molar-refractivity contribution in [2.45, 2.75) is 112 Å². The van der Waals surface area contributed by atoms with Crippen molar-refractivity contribution in [3.8, 4) is 0 Å². The van der Waals surface area contributed by atoms with Crippen molar-refractivity contribution in [3.05, 3.63) is 23.7 Å². The van der Waals surface area contributed by atoms with Crippen molar-refractivity contribution in [1.82, 2.24) is 25.2 Å². The zero-order valence-corrected chi connectivity index (χ0v) is 23.3. The lowest BCUT2D eigenvalue weighted by molar-refractivity contribution is -0.211. The van der Waals surface area contributed by atoms with Crippen LogP contribution in [0.25, 0.3) is 11.2 Å². The van der Waals surface area contributed by atoms with E-state index in [4.69, 9.17) is 4.74 Å². The molecule has 4 heterocycles. The fourth-order valence-corrected chi connectivity index (χ4v) is 6.40. The van der Waals surface area contributed by atoms with E-state index in [1.807, 2.05) is 0 Å². The highest BCUT2D eigenvalue weighted by atomic mass is 19.3. The summed E-state index contributed by atoms with van der Waals surface area (Å²) in [5.74, 6) is -10.0. The number of hydrogen-bond donors (Lipinski definition) is 3. The van der Waals surface area contributed by atoms with Crippen molar-refractivity contribution < 1.29 is 48.2 Å². The van der Waals surface area contributed by atoms with E-state index in [1.165, 1.54) is 11.0 Å². The van der Waals surface area contributed by atoms with Crippen LogP contribution in [0.2, 0.25) is 0 Å². The number of aliphatic hydroxyl groups excluding tert-OH is 1. The minimum absolute atomic E-state index is 0. The second kappa shape index (κ2) is 10.8. The van der Waals surface area contributed by atoms with Gasteiger partial charge in [0, 0.05) is 41.5 Å². The number of piperidine rings is 1. The molecule has 0 bridgehead atoms. The SMILES string of the molecule is O=C(N[C@H](c1nc2nc([C@@H]3CC(F)(F)CCN3C(O)[C@H]3CCC(F)(F)CO3)ccc2[nH]1)C1CCC(F)(F)CC1)C1(F)CC1.[HH].[HH]. The van der Waals surface area contributed by atoms with Crippen molar-refractivity contribution in [2.75, 3.05) is 13.2 Å². The molecule has 43 heavy (non-hydrogen) atoms. The molecule has 0 spiro atoms. The highest BCUT2D eigenvalue weighted by Gasteiger charge is 2.52. The van der Waals surface area contributed by atoms with Crippen LogP contribution in [0.5, 0.6) is 0 Å². The number of pyridine rings is 1. The molecule has 2 aromatic rings. The predicted molar refractivity (Wildman–Crippen MR) is 143 cm³/mol. The average Bonchev–Trinajstić information content (AvgIpc) is 3.56. The Balaban J connectivity index is 0.00000230. The smallest absolute Gasteiger partial charge is 0.271 e. The molecule has 2 aromatic heterocycles. The van der Waals surface area contributed by atoms with Gasteiger partial charge in [0.05, 0.1) is 29.4 Å². The number of rotatable bonds is 7. The van der Waals surface area contributed by atoms with Crippen LogP contribution in [0.1, 0.15) is 90.7 Å². The molecular formula is C28H38F7N5O3. The average molecular weight is 626 g/mol. The first kappa shape index (κ1) is 30.5. The number of nitrogens with zero attached hydrogens (tertiary/aromatic N) is 3. The zero-order valence-electron chi connectivity index (χ0n) is 23.3. The predicted octanol–water partition coefficient (Wildman–Crippen LogP) is 5.84. The number of ether oxygens (including phenoxy) is 1. The van der Waals surface area contributed by atoms with Gasteiger partial charge in [0.1, 0.15) is 18.7 Å². The van der Waals surface area contributed by atoms with Crippen molar-refractivity contribution in [3.63, 3.8) is 0 Å². The molecule has 2 saturated carbocycles. The maximum absolute atomic E-state index is 14.6. The van der Waals surface area contributed by atoms with Gasteiger partial charge in [-0.2, -0.15) is 0 Å². The van der Waals surface area contributed by atoms with Crippen LogP contribution in [-0.2, 0) is 9.53 Å². The number of nitrogens with one attached hydrogen (secondary N) is 2. The quantitative estimate of drug-likeness (QED) is 0.334. The molecule has 0 radical (unpaired) electrons. The van der Waals surface area contributed by atoms with E-state index < -0.39 is 85.5 Å². The van der Waals surface area contributed by atoms with E-state index in [0.29, 0.717) is 5.52 Å². The first-order valence-electron chi connectivity index (χ1n) is 14.7. The molecule has 4 fully saturated rings. The Labute approximate surface area is 245 Å². The topological polar surface area (TPSA) is 103 Å². The molecule has 2 aliphatic carbocycles. The maximum Gasteiger partial charge on any atom is 0.271 e. The molecule has 0 aromatic carbocycles. The summed E-state index contributed by atoms with van der Waals surface area (Å²) in [6.07, 6.45) is -4.77. The van der Waals surface area contributed by atoms with E-state index in [1.54, 1.807) is 6.07 Å². The third-order valence-electron chi connectivity index (χ3n) is 9.24. The minimum atomic E-state index is -3.07. The second-order valence-electron chi connectivity index (χ2n) is 12.6. The lowest BCUT2D eigenvalue weighted by Gasteiger charge is -2.44. The van der Waals surface area contributed by atoms with Crippen molar-refractivity contribution in [1.29, 1.82) is 0 Å². The number of fused-ring (bicyclic) bond motifs is 1. The minimum Gasteiger partial charge on any atom is -0.376 e. The van der Waals surface area contributed by atoms with E-state index in [0.717, 1.165) is 0 Å². The third-order valence-corrected chi connectivity index (χ3v) is 9.24. The van der Waals surface area contributed by atoms with E-state index in [9.17, 15) is 40.6 Å². The molecule has 1 amide bonds. The number of likely N-dealkylation sites (tertiary alicyclic amines) is 1. The second-order valence-corrected chi connectivity index (χ2v) is 12.6. The molecule has 8 nitrogen and oxygen atoms in total. The summed E-state index contributed by atoms with van der Waals surface area (Å²) >= 11 is 0. The summed E-state index contributed by atoms with van der Waals surface area (Å²) in [6.45, 7) is -1.10. The lowest BCUT2D eigenvalue weighted by atomic mass is 9.81. The first-order valence-corrected chi connectivity index (χ1v) is 14.7. The van der Waals surface area contributed by atoms with Crippen LogP contribution in [0.4, 0.5) is 30.7 Å². The van der Waals surface area contributed by atoms with Crippen LogP contribution in [-0.4, -0.2) is 79.8 Å². The largest absolute Gasteiger partial charge is 0.376 e. The van der Waals surface area contributed by atoms with Crippen molar-refractivity contribution in [2.24, 2.45) is 5.92 Å². The van der Waals surface area contributed by atoms with Crippen molar-refractivity contribution >= 4 is 17.1 Å². The molecule has 1 unspecified atom stereocenters. The fourth-order valence-electron chi connectivity index (χ4n) is 6.40. The number of hydrogen-bond acceptors (Lipinski definition) is 6. The summed E-state index contributed by atoms with van der Waals surface area (Å²) in [6, 6.07) is 1.05.